The number of nitrogens with zero attached hydrogens (tertiary/aromatic N) is 1. The number of likely N-dealkylation sites (N-methyl/N-ethyl adjacent to an activating group) is 1. The van der Waals surface area contributed by atoms with Crippen LogP contribution in [0.5, 0.6) is 0 Å². The van der Waals surface area contributed by atoms with Crippen molar-refractivity contribution in [2.45, 2.75) is 26.3 Å². The lowest BCUT2D eigenvalue weighted by atomic mass is 10.0. The molecule has 104 valence electrons. The number of carbonyl (C=O) groups excluding carboxylic acids is 2. The molecule has 0 unspecified atom stereocenters. The van der Waals surface area contributed by atoms with Crippen LogP contribution in [-0.2, 0) is 9.53 Å². The summed E-state index contributed by atoms with van der Waals surface area (Å²) in [6, 6.07) is 8.72. The highest BCUT2D eigenvalue weighted by Crippen LogP contribution is 2.16. The molecule has 0 fully saturated rings. The second-order valence-electron chi connectivity index (χ2n) is 4.63. The zero-order chi connectivity index (χ0) is 14.5. The normalized spacial score (nSPS) is 10.7. The Morgan fingerprint density at radius 2 is 1.84 bits per heavy atom. The molecule has 0 aliphatic rings. The standard InChI is InChI=1S/C14H20N2O3/c1-5-19-12(17)14(2,3)16(4)13(18)15-11-9-7-6-8-10-11/h6-10H,5H2,1-4H3,(H,15,18). The highest BCUT2D eigenvalue weighted by molar-refractivity contribution is 5.93. The Morgan fingerprint density at radius 1 is 1.26 bits per heavy atom. The van der Waals surface area contributed by atoms with Crippen LogP contribution in [0.1, 0.15) is 20.8 Å². The van der Waals surface area contributed by atoms with Gasteiger partial charge < -0.3 is 15.0 Å². The third-order valence-electron chi connectivity index (χ3n) is 2.94. The SMILES string of the molecule is CCOC(=O)C(C)(C)N(C)C(=O)Nc1ccccc1. The van der Waals surface area contributed by atoms with Gasteiger partial charge in [0.15, 0.2) is 0 Å². The number of hydrogen-bond donors (Lipinski definition) is 1. The van der Waals surface area contributed by atoms with Gasteiger partial charge in [0.1, 0.15) is 5.54 Å². The first-order chi connectivity index (χ1) is 8.89. The molecule has 0 spiro atoms. The van der Waals surface area contributed by atoms with Crippen molar-refractivity contribution in [2.24, 2.45) is 0 Å². The Bertz CT molecular complexity index is 443. The number of urea groups is 1. The van der Waals surface area contributed by atoms with E-state index in [9.17, 15) is 9.59 Å². The Kier molecular flexibility index (Phi) is 4.92. The van der Waals surface area contributed by atoms with E-state index in [0.717, 1.165) is 0 Å². The summed E-state index contributed by atoms with van der Waals surface area (Å²) in [6.45, 7) is 5.32. The average Bonchev–Trinajstić information content (AvgIpc) is 2.39. The summed E-state index contributed by atoms with van der Waals surface area (Å²) in [5.74, 6) is -0.430. The number of ether oxygens (including phenoxy) is 1. The number of anilines is 1. The van der Waals surface area contributed by atoms with Gasteiger partial charge in [0.2, 0.25) is 0 Å². The maximum Gasteiger partial charge on any atom is 0.331 e. The Balaban J connectivity index is 2.73. The van der Waals surface area contributed by atoms with Crippen LogP contribution >= 0.6 is 0 Å². The van der Waals surface area contributed by atoms with E-state index >= 15 is 0 Å². The van der Waals surface area contributed by atoms with Gasteiger partial charge in [0.25, 0.3) is 0 Å². The van der Waals surface area contributed by atoms with Crippen molar-refractivity contribution in [3.8, 4) is 0 Å². The minimum Gasteiger partial charge on any atom is -0.464 e. The average molecular weight is 264 g/mol. The fourth-order valence-electron chi connectivity index (χ4n) is 1.43. The van der Waals surface area contributed by atoms with E-state index in [-0.39, 0.29) is 12.6 Å². The minimum atomic E-state index is -1.02. The number of benzene rings is 1. The third-order valence-corrected chi connectivity index (χ3v) is 2.94. The molecule has 1 aromatic rings. The molecule has 1 rings (SSSR count). The lowest BCUT2D eigenvalue weighted by Crippen LogP contribution is -2.53. The van der Waals surface area contributed by atoms with Crippen LogP contribution in [0, 0.1) is 0 Å². The Morgan fingerprint density at radius 3 is 2.37 bits per heavy atom. The largest absolute Gasteiger partial charge is 0.464 e. The van der Waals surface area contributed by atoms with Gasteiger partial charge >= 0.3 is 12.0 Å². The van der Waals surface area contributed by atoms with E-state index in [2.05, 4.69) is 5.32 Å². The van der Waals surface area contributed by atoms with Crippen LogP contribution in [0.2, 0.25) is 0 Å². The first kappa shape index (κ1) is 15.0. The molecule has 0 atom stereocenters. The monoisotopic (exact) mass is 264 g/mol. The molecule has 0 aromatic heterocycles. The molecule has 19 heavy (non-hydrogen) atoms. The summed E-state index contributed by atoms with van der Waals surface area (Å²) in [6.07, 6.45) is 0. The molecule has 5 heteroatoms. The first-order valence-corrected chi connectivity index (χ1v) is 6.16. The van der Waals surface area contributed by atoms with Crippen LogP contribution < -0.4 is 5.32 Å². The maximum atomic E-state index is 12.1. The summed E-state index contributed by atoms with van der Waals surface area (Å²) in [4.78, 5) is 25.2. The minimum absolute atomic E-state index is 0.288. The predicted octanol–water partition coefficient (Wildman–Crippen LogP) is 2.49. The van der Waals surface area contributed by atoms with Crippen LogP contribution in [0.3, 0.4) is 0 Å². The van der Waals surface area contributed by atoms with Crippen LogP contribution in [0.15, 0.2) is 30.3 Å². The molecule has 0 radical (unpaired) electrons. The molecule has 0 bridgehead atoms. The number of hydrogen-bond acceptors (Lipinski definition) is 3. The van der Waals surface area contributed by atoms with Crippen molar-refractivity contribution < 1.29 is 14.3 Å². The quantitative estimate of drug-likeness (QED) is 0.850. The Hall–Kier alpha value is -2.04. The summed E-state index contributed by atoms with van der Waals surface area (Å²) >= 11 is 0. The van der Waals surface area contributed by atoms with Crippen molar-refractivity contribution in [3.05, 3.63) is 30.3 Å². The van der Waals surface area contributed by atoms with Crippen molar-refractivity contribution in [2.75, 3.05) is 19.0 Å². The fourth-order valence-corrected chi connectivity index (χ4v) is 1.43. The van der Waals surface area contributed by atoms with E-state index in [4.69, 9.17) is 4.74 Å². The fraction of sp³-hybridized carbons (Fsp3) is 0.429. The van der Waals surface area contributed by atoms with E-state index in [0.29, 0.717) is 5.69 Å². The van der Waals surface area contributed by atoms with Gasteiger partial charge in [-0.1, -0.05) is 18.2 Å². The van der Waals surface area contributed by atoms with Gasteiger partial charge in [-0.25, -0.2) is 9.59 Å². The Labute approximate surface area is 113 Å². The highest BCUT2D eigenvalue weighted by atomic mass is 16.5. The number of para-hydroxylation sites is 1. The second-order valence-corrected chi connectivity index (χ2v) is 4.63. The second kappa shape index (κ2) is 6.22. The number of amides is 2. The van der Waals surface area contributed by atoms with Crippen molar-refractivity contribution in [1.82, 2.24) is 4.90 Å². The maximum absolute atomic E-state index is 12.1. The van der Waals surface area contributed by atoms with Gasteiger partial charge in [-0.2, -0.15) is 0 Å². The molecule has 2 amide bonds. The predicted molar refractivity (Wildman–Crippen MR) is 73.9 cm³/mol. The first-order valence-electron chi connectivity index (χ1n) is 6.16. The van der Waals surface area contributed by atoms with Crippen molar-refractivity contribution >= 4 is 17.7 Å². The number of esters is 1. The molecule has 5 nitrogen and oxygen atoms in total. The summed E-state index contributed by atoms with van der Waals surface area (Å²) < 4.78 is 4.97. The van der Waals surface area contributed by atoms with Crippen molar-refractivity contribution in [1.29, 1.82) is 0 Å². The molecule has 0 saturated carbocycles. The molecule has 0 saturated heterocycles. The molecule has 0 aliphatic heterocycles. The van der Waals surface area contributed by atoms with E-state index < -0.39 is 11.5 Å². The van der Waals surface area contributed by atoms with Gasteiger partial charge in [-0.15, -0.1) is 0 Å². The number of carbonyl (C=O) groups is 2. The van der Waals surface area contributed by atoms with Crippen LogP contribution in [0.4, 0.5) is 10.5 Å². The number of nitrogens with one attached hydrogen (secondary N) is 1. The lowest BCUT2D eigenvalue weighted by Gasteiger charge is -2.33. The summed E-state index contributed by atoms with van der Waals surface area (Å²) in [5, 5.41) is 2.72. The van der Waals surface area contributed by atoms with E-state index in [1.807, 2.05) is 18.2 Å². The molecule has 1 N–H and O–H groups in total. The van der Waals surface area contributed by atoms with E-state index in [1.165, 1.54) is 4.90 Å². The molecular weight excluding hydrogens is 244 g/mol. The van der Waals surface area contributed by atoms with Gasteiger partial charge in [-0.3, -0.25) is 0 Å². The summed E-state index contributed by atoms with van der Waals surface area (Å²) in [7, 11) is 1.56. The van der Waals surface area contributed by atoms with Crippen LogP contribution in [0.25, 0.3) is 0 Å². The summed E-state index contributed by atoms with van der Waals surface area (Å²) in [5.41, 5.74) is -0.339. The molecule has 1 aromatic carbocycles. The molecular formula is C14H20N2O3. The van der Waals surface area contributed by atoms with Crippen molar-refractivity contribution in [3.63, 3.8) is 0 Å². The highest BCUT2D eigenvalue weighted by Gasteiger charge is 2.36. The van der Waals surface area contributed by atoms with Crippen LogP contribution in [-0.4, -0.2) is 36.1 Å². The lowest BCUT2D eigenvalue weighted by molar-refractivity contribution is -0.153. The van der Waals surface area contributed by atoms with E-state index in [1.54, 1.807) is 40.0 Å². The van der Waals surface area contributed by atoms with Gasteiger partial charge in [0, 0.05) is 12.7 Å². The zero-order valence-electron chi connectivity index (χ0n) is 11.8. The third kappa shape index (κ3) is 3.71. The van der Waals surface area contributed by atoms with Gasteiger partial charge in [-0.05, 0) is 32.9 Å². The van der Waals surface area contributed by atoms with Gasteiger partial charge in [0.05, 0.1) is 6.61 Å². The number of rotatable bonds is 4. The topological polar surface area (TPSA) is 58.6 Å². The molecule has 0 aliphatic carbocycles. The molecule has 0 heterocycles. The smallest absolute Gasteiger partial charge is 0.331 e. The zero-order valence-corrected chi connectivity index (χ0v) is 11.8.